The highest BCUT2D eigenvalue weighted by Gasteiger charge is 2.46. The van der Waals surface area contributed by atoms with E-state index in [-0.39, 0.29) is 0 Å². The highest BCUT2D eigenvalue weighted by Crippen LogP contribution is 2.56. The van der Waals surface area contributed by atoms with E-state index in [4.69, 9.17) is 4.74 Å². The smallest absolute Gasteiger partial charge is 0.119 e. The Kier molecular flexibility index (Phi) is 3.08. The molecular weight excluding hydrogens is 228 g/mol. The molecule has 1 aromatic carbocycles. The lowest BCUT2D eigenvalue weighted by molar-refractivity contribution is 0.407. The Labute approximate surface area is 108 Å². The van der Waals surface area contributed by atoms with Gasteiger partial charge in [0.15, 0.2) is 0 Å². The molecular formula is C15H20OS. The first-order valence-electron chi connectivity index (χ1n) is 6.48. The van der Waals surface area contributed by atoms with Crippen molar-refractivity contribution in [2.24, 2.45) is 11.8 Å². The van der Waals surface area contributed by atoms with Gasteiger partial charge in [-0.25, -0.2) is 0 Å². The van der Waals surface area contributed by atoms with E-state index in [0.29, 0.717) is 0 Å². The summed E-state index contributed by atoms with van der Waals surface area (Å²) in [6.45, 7) is 0. The average Bonchev–Trinajstić information content (AvgIpc) is 2.98. The van der Waals surface area contributed by atoms with Crippen LogP contribution in [0.4, 0.5) is 0 Å². The SMILES string of the molecule is COc1cccc([C@H]2C[C@@H]3C[C@H]2[C@@H](SC)C3)c1. The van der Waals surface area contributed by atoms with E-state index in [0.717, 1.165) is 28.8 Å². The molecule has 2 aliphatic rings. The summed E-state index contributed by atoms with van der Waals surface area (Å²) in [6.07, 6.45) is 6.57. The Morgan fingerprint density at radius 2 is 2.12 bits per heavy atom. The fourth-order valence-corrected chi connectivity index (χ4v) is 4.93. The van der Waals surface area contributed by atoms with Gasteiger partial charge in [0.05, 0.1) is 7.11 Å². The van der Waals surface area contributed by atoms with Crippen LogP contribution >= 0.6 is 11.8 Å². The predicted octanol–water partition coefficient (Wildman–Crippen LogP) is 3.94. The molecule has 2 heteroatoms. The minimum atomic E-state index is 0.779. The van der Waals surface area contributed by atoms with E-state index < -0.39 is 0 Å². The van der Waals surface area contributed by atoms with E-state index in [1.54, 1.807) is 7.11 Å². The minimum Gasteiger partial charge on any atom is -0.497 e. The van der Waals surface area contributed by atoms with Crippen molar-refractivity contribution in [3.63, 3.8) is 0 Å². The van der Waals surface area contributed by atoms with Crippen LogP contribution in [-0.4, -0.2) is 18.6 Å². The number of fused-ring (bicyclic) bond motifs is 2. The lowest BCUT2D eigenvalue weighted by Gasteiger charge is -2.28. The van der Waals surface area contributed by atoms with E-state index in [2.05, 4.69) is 36.2 Å². The monoisotopic (exact) mass is 248 g/mol. The number of rotatable bonds is 3. The molecule has 1 aromatic rings. The van der Waals surface area contributed by atoms with Crippen LogP contribution in [0.1, 0.15) is 30.7 Å². The summed E-state index contributed by atoms with van der Waals surface area (Å²) in [4.78, 5) is 0. The van der Waals surface area contributed by atoms with E-state index >= 15 is 0 Å². The quantitative estimate of drug-likeness (QED) is 0.801. The zero-order valence-electron chi connectivity index (χ0n) is 10.6. The molecule has 0 heterocycles. The summed E-state index contributed by atoms with van der Waals surface area (Å²) in [5, 5.41) is 0.893. The largest absolute Gasteiger partial charge is 0.497 e. The van der Waals surface area contributed by atoms with Crippen molar-refractivity contribution in [1.29, 1.82) is 0 Å². The van der Waals surface area contributed by atoms with Gasteiger partial charge in [0.1, 0.15) is 5.75 Å². The van der Waals surface area contributed by atoms with Crippen molar-refractivity contribution in [2.45, 2.75) is 30.4 Å². The molecule has 17 heavy (non-hydrogen) atoms. The molecule has 1 nitrogen and oxygen atoms in total. The van der Waals surface area contributed by atoms with Gasteiger partial charge < -0.3 is 4.74 Å². The van der Waals surface area contributed by atoms with Crippen LogP contribution in [0.15, 0.2) is 24.3 Å². The summed E-state index contributed by atoms with van der Waals surface area (Å²) >= 11 is 2.07. The maximum absolute atomic E-state index is 5.34. The molecule has 2 bridgehead atoms. The van der Waals surface area contributed by atoms with Crippen molar-refractivity contribution in [3.05, 3.63) is 29.8 Å². The lowest BCUT2D eigenvalue weighted by atomic mass is 9.83. The standard InChI is InChI=1S/C15H20OS/c1-16-12-5-3-4-11(9-12)13-6-10-7-14(13)15(8-10)17-2/h3-5,9-10,13-15H,6-8H2,1-2H3/t10-,13-,14-,15+/m1/s1. The molecule has 0 aliphatic heterocycles. The van der Waals surface area contributed by atoms with Crippen LogP contribution in [0.25, 0.3) is 0 Å². The predicted molar refractivity (Wildman–Crippen MR) is 73.9 cm³/mol. The highest BCUT2D eigenvalue weighted by atomic mass is 32.2. The number of methoxy groups -OCH3 is 1. The van der Waals surface area contributed by atoms with E-state index in [9.17, 15) is 0 Å². The molecule has 0 amide bonds. The molecule has 2 fully saturated rings. The highest BCUT2D eigenvalue weighted by molar-refractivity contribution is 7.99. The van der Waals surface area contributed by atoms with Gasteiger partial charge in [-0.15, -0.1) is 0 Å². The summed E-state index contributed by atoms with van der Waals surface area (Å²) in [5.41, 5.74) is 1.50. The van der Waals surface area contributed by atoms with Crippen LogP contribution in [0.3, 0.4) is 0 Å². The van der Waals surface area contributed by atoms with Gasteiger partial charge in [0.25, 0.3) is 0 Å². The second kappa shape index (κ2) is 4.56. The maximum atomic E-state index is 5.34. The van der Waals surface area contributed by atoms with Crippen molar-refractivity contribution in [3.8, 4) is 5.75 Å². The van der Waals surface area contributed by atoms with Gasteiger partial charge in [-0.1, -0.05) is 12.1 Å². The van der Waals surface area contributed by atoms with Gasteiger partial charge in [0.2, 0.25) is 0 Å². The van der Waals surface area contributed by atoms with Crippen molar-refractivity contribution in [2.75, 3.05) is 13.4 Å². The number of benzene rings is 1. The third-order valence-corrected chi connectivity index (χ3v) is 5.73. The third-order valence-electron chi connectivity index (χ3n) is 4.58. The second-order valence-corrected chi connectivity index (χ2v) is 6.47. The lowest BCUT2D eigenvalue weighted by Crippen LogP contribution is -2.20. The second-order valence-electron chi connectivity index (χ2n) is 5.39. The first kappa shape index (κ1) is 11.5. The van der Waals surface area contributed by atoms with Crippen LogP contribution in [-0.2, 0) is 0 Å². The first-order chi connectivity index (χ1) is 8.31. The molecule has 0 saturated heterocycles. The van der Waals surface area contributed by atoms with Crippen LogP contribution in [0.2, 0.25) is 0 Å². The Morgan fingerprint density at radius 1 is 1.24 bits per heavy atom. The number of hydrogen-bond donors (Lipinski definition) is 0. The molecule has 0 spiro atoms. The van der Waals surface area contributed by atoms with E-state index in [1.165, 1.54) is 24.8 Å². The molecule has 92 valence electrons. The van der Waals surface area contributed by atoms with Crippen LogP contribution in [0.5, 0.6) is 5.75 Å². The zero-order valence-corrected chi connectivity index (χ0v) is 11.4. The molecule has 4 atom stereocenters. The summed E-state index contributed by atoms with van der Waals surface area (Å²) in [5.74, 6) is 3.67. The topological polar surface area (TPSA) is 9.23 Å². The number of thioether (sulfide) groups is 1. The Hall–Kier alpha value is -0.630. The fourth-order valence-electron chi connectivity index (χ4n) is 3.81. The van der Waals surface area contributed by atoms with Crippen molar-refractivity contribution < 1.29 is 4.74 Å². The fraction of sp³-hybridized carbons (Fsp3) is 0.600. The molecule has 0 radical (unpaired) electrons. The first-order valence-corrected chi connectivity index (χ1v) is 7.77. The number of hydrogen-bond acceptors (Lipinski definition) is 2. The molecule has 3 rings (SSSR count). The minimum absolute atomic E-state index is 0.779. The van der Waals surface area contributed by atoms with Gasteiger partial charge in [-0.05, 0) is 61.0 Å². The van der Waals surface area contributed by atoms with Crippen molar-refractivity contribution in [1.82, 2.24) is 0 Å². The molecule has 2 saturated carbocycles. The van der Waals surface area contributed by atoms with E-state index in [1.807, 2.05) is 6.07 Å². The zero-order chi connectivity index (χ0) is 11.8. The summed E-state index contributed by atoms with van der Waals surface area (Å²) < 4.78 is 5.34. The van der Waals surface area contributed by atoms with Crippen LogP contribution < -0.4 is 4.74 Å². The Bertz CT molecular complexity index is 404. The van der Waals surface area contributed by atoms with Gasteiger partial charge in [-0.2, -0.15) is 11.8 Å². The van der Waals surface area contributed by atoms with Crippen molar-refractivity contribution >= 4 is 11.8 Å². The Balaban J connectivity index is 1.85. The van der Waals surface area contributed by atoms with Gasteiger partial charge >= 0.3 is 0 Å². The van der Waals surface area contributed by atoms with Crippen LogP contribution in [0, 0.1) is 11.8 Å². The summed E-state index contributed by atoms with van der Waals surface area (Å²) in [6, 6.07) is 8.70. The average molecular weight is 248 g/mol. The molecule has 0 aromatic heterocycles. The van der Waals surface area contributed by atoms with Gasteiger partial charge in [-0.3, -0.25) is 0 Å². The molecule has 2 aliphatic carbocycles. The third kappa shape index (κ3) is 1.97. The van der Waals surface area contributed by atoms with Gasteiger partial charge in [0, 0.05) is 5.25 Å². The normalized spacial score (nSPS) is 35.2. The molecule has 0 unspecified atom stereocenters. The summed E-state index contributed by atoms with van der Waals surface area (Å²) in [7, 11) is 1.75. The number of ether oxygens (including phenoxy) is 1. The Morgan fingerprint density at radius 3 is 2.82 bits per heavy atom. The maximum Gasteiger partial charge on any atom is 0.119 e. The molecule has 0 N–H and O–H groups in total.